The predicted molar refractivity (Wildman–Crippen MR) is 128 cm³/mol. The highest BCUT2D eigenvalue weighted by Gasteiger charge is 2.84. The second kappa shape index (κ2) is 7.30. The van der Waals surface area contributed by atoms with Crippen LogP contribution in [0.4, 0.5) is 0 Å². The first-order valence-electron chi connectivity index (χ1n) is 13.8. The number of hydrogen-bond donors (Lipinski definition) is 1. The Hall–Kier alpha value is -0.410. The van der Waals surface area contributed by atoms with E-state index in [0.29, 0.717) is 18.1 Å². The van der Waals surface area contributed by atoms with Gasteiger partial charge in [-0.2, -0.15) is 0 Å². The summed E-state index contributed by atoms with van der Waals surface area (Å²) in [5.41, 5.74) is 0.00516. The zero-order valence-corrected chi connectivity index (χ0v) is 21.7. The summed E-state index contributed by atoms with van der Waals surface area (Å²) in [5, 5.41) is 10.6. The van der Waals surface area contributed by atoms with E-state index >= 15 is 0 Å². The van der Waals surface area contributed by atoms with Crippen molar-refractivity contribution in [3.05, 3.63) is 0 Å². The number of fused-ring (bicyclic) bond motifs is 3. The van der Waals surface area contributed by atoms with Crippen molar-refractivity contribution in [2.75, 3.05) is 0 Å². The van der Waals surface area contributed by atoms with Crippen molar-refractivity contribution in [3.63, 3.8) is 0 Å². The summed E-state index contributed by atoms with van der Waals surface area (Å²) in [4.78, 5) is 14.0. The Bertz CT molecular complexity index is 776. The van der Waals surface area contributed by atoms with Crippen LogP contribution in [0.25, 0.3) is 0 Å². The topological polar surface area (TPSA) is 49.8 Å². The van der Waals surface area contributed by atoms with E-state index in [4.69, 9.17) is 4.74 Å². The highest BCUT2D eigenvalue weighted by atomic mass is 16.6. The van der Waals surface area contributed by atoms with Crippen LogP contribution in [0, 0.1) is 51.8 Å². The molecule has 0 aromatic heterocycles. The van der Waals surface area contributed by atoms with E-state index in [0.717, 1.165) is 31.1 Å². The number of aliphatic hydroxyl groups is 1. The molecule has 1 N–H and O–H groups in total. The van der Waals surface area contributed by atoms with Crippen LogP contribution in [0.3, 0.4) is 0 Å². The molecule has 3 heteroatoms. The molecule has 5 aliphatic rings. The lowest BCUT2D eigenvalue weighted by Crippen LogP contribution is -2.67. The highest BCUT2D eigenvalue weighted by Crippen LogP contribution is 2.80. The molecule has 32 heavy (non-hydrogen) atoms. The third-order valence-electron chi connectivity index (χ3n) is 12.3. The van der Waals surface area contributed by atoms with Crippen molar-refractivity contribution < 1.29 is 14.6 Å². The average molecular weight is 445 g/mol. The van der Waals surface area contributed by atoms with Crippen LogP contribution in [-0.4, -0.2) is 28.7 Å². The molecule has 11 atom stereocenters. The summed E-state index contributed by atoms with van der Waals surface area (Å²) in [6.07, 6.45) is 10.0. The van der Waals surface area contributed by atoms with Crippen LogP contribution in [-0.2, 0) is 9.53 Å². The first-order chi connectivity index (χ1) is 14.9. The van der Waals surface area contributed by atoms with Crippen LogP contribution < -0.4 is 0 Å². The molecule has 0 unspecified atom stereocenters. The molecule has 1 aliphatic heterocycles. The molecule has 1 heterocycles. The first kappa shape index (κ1) is 23.3. The molecule has 1 saturated heterocycles. The van der Waals surface area contributed by atoms with Crippen LogP contribution in [0.15, 0.2) is 0 Å². The Kier molecular flexibility index (Phi) is 5.32. The van der Waals surface area contributed by atoms with Gasteiger partial charge in [-0.1, -0.05) is 67.7 Å². The Morgan fingerprint density at radius 1 is 1.03 bits per heavy atom. The van der Waals surface area contributed by atoms with E-state index in [1.54, 1.807) is 0 Å². The largest absolute Gasteiger partial charge is 0.393 e. The number of epoxide rings is 1. The lowest BCUT2D eigenvalue weighted by Gasteiger charge is -2.63. The monoisotopic (exact) mass is 444 g/mol. The number of ketones is 1. The normalized spacial score (nSPS) is 55.1. The molecule has 4 aliphatic carbocycles. The van der Waals surface area contributed by atoms with Gasteiger partial charge in [0.25, 0.3) is 0 Å². The van der Waals surface area contributed by atoms with Crippen LogP contribution >= 0.6 is 0 Å². The van der Waals surface area contributed by atoms with Gasteiger partial charge in [0.1, 0.15) is 11.4 Å². The number of carbonyl (C=O) groups excluding carboxylic acids is 1. The summed E-state index contributed by atoms with van der Waals surface area (Å²) < 4.78 is 6.80. The summed E-state index contributed by atoms with van der Waals surface area (Å²) >= 11 is 0. The second-order valence-corrected chi connectivity index (χ2v) is 14.0. The van der Waals surface area contributed by atoms with Gasteiger partial charge in [-0.25, -0.2) is 0 Å². The van der Waals surface area contributed by atoms with E-state index in [1.165, 1.54) is 32.1 Å². The number of rotatable bonds is 5. The van der Waals surface area contributed by atoms with E-state index in [2.05, 4.69) is 48.5 Å². The Labute approximate surface area is 196 Å². The SMILES string of the molecule is CC(C)CCC[C@@H](C)[C@H]1CC[C@@]2(C)[C@@H]3C(=O)C[C@H]4[C@H](C)[C@@H](O)CC[C@]4(C)[C@@]34O[C@@H]4C[C@]12C. The number of hydrogen-bond acceptors (Lipinski definition) is 3. The third-order valence-corrected chi connectivity index (χ3v) is 12.3. The van der Waals surface area contributed by atoms with E-state index < -0.39 is 0 Å². The molecule has 1 spiro atoms. The maximum absolute atomic E-state index is 14.0. The maximum atomic E-state index is 14.0. The van der Waals surface area contributed by atoms with Gasteiger partial charge in [0.2, 0.25) is 0 Å². The highest BCUT2D eigenvalue weighted by molar-refractivity contribution is 5.86. The molecule has 5 fully saturated rings. The molecule has 182 valence electrons. The molecule has 0 aromatic rings. The van der Waals surface area contributed by atoms with Gasteiger partial charge >= 0.3 is 0 Å². The fourth-order valence-corrected chi connectivity index (χ4v) is 10.2. The molecule has 3 nitrogen and oxygen atoms in total. The molecular weight excluding hydrogens is 396 g/mol. The average Bonchev–Trinajstić information content (AvgIpc) is 3.34. The maximum Gasteiger partial charge on any atom is 0.139 e. The standard InChI is InChI=1S/C29H48O3/c1-17(2)9-8-10-18(3)20-11-13-27(6)25-23(31)15-21-19(4)22(30)12-14-26(21,5)29(25)24(32-29)16-28(20,27)7/h17-22,24-25,30H,8-16H2,1-7H3/t18-,19+,20-,21+,22+,24-,25+,26+,27+,28-,29+/m1/s1. The summed E-state index contributed by atoms with van der Waals surface area (Å²) in [6, 6.07) is 0. The van der Waals surface area contributed by atoms with Gasteiger partial charge in [-0.05, 0) is 72.5 Å². The van der Waals surface area contributed by atoms with Crippen molar-refractivity contribution >= 4 is 5.78 Å². The quantitative estimate of drug-likeness (QED) is 0.498. The predicted octanol–water partition coefficient (Wildman–Crippen LogP) is 6.42. The van der Waals surface area contributed by atoms with Crippen molar-refractivity contribution in [2.45, 2.75) is 124 Å². The lowest BCUT2D eigenvalue weighted by atomic mass is 9.39. The number of carbonyl (C=O) groups is 1. The van der Waals surface area contributed by atoms with E-state index in [1.807, 2.05) is 0 Å². The van der Waals surface area contributed by atoms with Crippen LogP contribution in [0.1, 0.15) is 106 Å². The molecular formula is C29H48O3. The minimum atomic E-state index is -0.266. The van der Waals surface area contributed by atoms with Gasteiger partial charge in [-0.3, -0.25) is 4.79 Å². The summed E-state index contributed by atoms with van der Waals surface area (Å²) in [7, 11) is 0. The van der Waals surface area contributed by atoms with Crippen molar-refractivity contribution in [1.82, 2.24) is 0 Å². The minimum Gasteiger partial charge on any atom is -0.393 e. The Morgan fingerprint density at radius 3 is 2.41 bits per heavy atom. The number of aliphatic hydroxyl groups excluding tert-OH is 1. The van der Waals surface area contributed by atoms with Crippen LogP contribution in [0.2, 0.25) is 0 Å². The fraction of sp³-hybridized carbons (Fsp3) is 0.966. The molecule has 0 radical (unpaired) electrons. The van der Waals surface area contributed by atoms with Crippen molar-refractivity contribution in [2.24, 2.45) is 51.8 Å². The van der Waals surface area contributed by atoms with Crippen LogP contribution in [0.5, 0.6) is 0 Å². The lowest BCUT2D eigenvalue weighted by molar-refractivity contribution is -0.179. The van der Waals surface area contributed by atoms with Crippen molar-refractivity contribution in [3.8, 4) is 0 Å². The summed E-state index contributed by atoms with van der Waals surface area (Å²) in [6.45, 7) is 16.8. The smallest absolute Gasteiger partial charge is 0.139 e. The zero-order chi connectivity index (χ0) is 23.3. The zero-order valence-electron chi connectivity index (χ0n) is 21.7. The van der Waals surface area contributed by atoms with Gasteiger partial charge in [0.15, 0.2) is 0 Å². The molecule has 5 rings (SSSR count). The van der Waals surface area contributed by atoms with E-state index in [9.17, 15) is 9.90 Å². The fourth-order valence-electron chi connectivity index (χ4n) is 10.2. The minimum absolute atomic E-state index is 0.0280. The number of Topliss-reactive ketones (excluding diaryl/α,β-unsaturated/α-hetero) is 1. The molecule has 0 aromatic carbocycles. The molecule has 0 bridgehead atoms. The van der Waals surface area contributed by atoms with E-state index in [-0.39, 0.29) is 51.8 Å². The Balaban J connectivity index is 1.46. The molecule has 4 saturated carbocycles. The molecule has 0 amide bonds. The first-order valence-corrected chi connectivity index (χ1v) is 13.8. The van der Waals surface area contributed by atoms with Gasteiger partial charge in [-0.15, -0.1) is 0 Å². The Morgan fingerprint density at radius 2 is 1.72 bits per heavy atom. The van der Waals surface area contributed by atoms with Gasteiger partial charge in [0.05, 0.1) is 18.1 Å². The summed E-state index contributed by atoms with van der Waals surface area (Å²) in [5.74, 6) is 3.17. The third kappa shape index (κ3) is 2.76. The van der Waals surface area contributed by atoms with Gasteiger partial charge in [0, 0.05) is 11.8 Å². The second-order valence-electron chi connectivity index (χ2n) is 14.0. The van der Waals surface area contributed by atoms with Crippen molar-refractivity contribution in [1.29, 1.82) is 0 Å². The number of ether oxygens (including phenoxy) is 1. The van der Waals surface area contributed by atoms with Gasteiger partial charge < -0.3 is 9.84 Å².